The number of nitrogens with two attached hydrogens (primary N) is 1. The number of nitrogens with zero attached hydrogens (tertiary/aromatic N) is 2. The topological polar surface area (TPSA) is 32.5 Å². The molecule has 0 aromatic rings. The number of rotatable bonds is 2. The monoisotopic (exact) mass is 251 g/mol. The largest absolute Gasteiger partial charge is 0.326 e. The molecule has 0 spiro atoms. The molecule has 3 nitrogen and oxygen atoms in total. The second-order valence-corrected chi connectivity index (χ2v) is 6.53. The van der Waals surface area contributed by atoms with Crippen LogP contribution in [0.5, 0.6) is 0 Å². The molecule has 0 aromatic carbocycles. The van der Waals surface area contributed by atoms with Crippen molar-refractivity contribution in [1.29, 1.82) is 0 Å². The molecule has 2 aliphatic carbocycles. The molecule has 1 saturated heterocycles. The molecule has 0 radical (unpaired) electrons. The molecule has 0 bridgehead atoms. The van der Waals surface area contributed by atoms with Gasteiger partial charge in [-0.15, -0.1) is 0 Å². The second-order valence-electron chi connectivity index (χ2n) is 6.53. The summed E-state index contributed by atoms with van der Waals surface area (Å²) in [6.45, 7) is 5.09. The summed E-state index contributed by atoms with van der Waals surface area (Å²) in [5, 5.41) is 0. The van der Waals surface area contributed by atoms with Gasteiger partial charge in [0.05, 0.1) is 0 Å². The van der Waals surface area contributed by atoms with Crippen LogP contribution in [0.2, 0.25) is 0 Å². The first kappa shape index (κ1) is 12.9. The Morgan fingerprint density at radius 2 is 1.22 bits per heavy atom. The van der Waals surface area contributed by atoms with E-state index < -0.39 is 0 Å². The van der Waals surface area contributed by atoms with Crippen LogP contribution in [-0.4, -0.2) is 54.1 Å². The van der Waals surface area contributed by atoms with Gasteiger partial charge in [-0.3, -0.25) is 9.80 Å². The Morgan fingerprint density at radius 1 is 0.667 bits per heavy atom. The van der Waals surface area contributed by atoms with Crippen LogP contribution in [0.4, 0.5) is 0 Å². The lowest BCUT2D eigenvalue weighted by atomic mass is 9.89. The molecule has 1 heterocycles. The van der Waals surface area contributed by atoms with Crippen LogP contribution in [0.25, 0.3) is 0 Å². The van der Waals surface area contributed by atoms with Gasteiger partial charge in [-0.05, 0) is 25.7 Å². The Kier molecular flexibility index (Phi) is 4.22. The van der Waals surface area contributed by atoms with E-state index >= 15 is 0 Å². The highest BCUT2D eigenvalue weighted by atomic mass is 15.3. The highest BCUT2D eigenvalue weighted by Crippen LogP contribution is 2.27. The third kappa shape index (κ3) is 2.73. The van der Waals surface area contributed by atoms with Crippen LogP contribution >= 0.6 is 0 Å². The molecule has 2 N–H and O–H groups in total. The zero-order valence-electron chi connectivity index (χ0n) is 11.7. The van der Waals surface area contributed by atoms with Crippen LogP contribution in [0, 0.1) is 0 Å². The minimum absolute atomic E-state index is 0.441. The van der Waals surface area contributed by atoms with E-state index in [0.29, 0.717) is 12.1 Å². The van der Waals surface area contributed by atoms with Crippen molar-refractivity contribution >= 4 is 0 Å². The predicted molar refractivity (Wildman–Crippen MR) is 75.6 cm³/mol. The Balaban J connectivity index is 1.49. The average molecular weight is 251 g/mol. The second kappa shape index (κ2) is 5.89. The van der Waals surface area contributed by atoms with Crippen LogP contribution in [0.1, 0.15) is 51.4 Å². The highest BCUT2D eigenvalue weighted by Gasteiger charge is 2.32. The van der Waals surface area contributed by atoms with Gasteiger partial charge < -0.3 is 5.73 Å². The molecule has 0 aromatic heterocycles. The summed E-state index contributed by atoms with van der Waals surface area (Å²) < 4.78 is 0. The third-order valence-electron chi connectivity index (χ3n) is 5.44. The summed E-state index contributed by atoms with van der Waals surface area (Å²) in [4.78, 5) is 5.44. The third-order valence-corrected chi connectivity index (χ3v) is 5.44. The predicted octanol–water partition coefficient (Wildman–Crippen LogP) is 1.82. The molecular weight excluding hydrogens is 222 g/mol. The zero-order valence-corrected chi connectivity index (χ0v) is 11.7. The van der Waals surface area contributed by atoms with Crippen molar-refractivity contribution in [2.24, 2.45) is 5.73 Å². The molecule has 3 rings (SSSR count). The maximum Gasteiger partial charge on any atom is 0.0248 e. The standard InChI is InChI=1S/C15H29N3/c16-14-7-3-4-8-15(14)18-11-9-17(10-12-18)13-5-1-2-6-13/h13-15H,1-12,16H2. The van der Waals surface area contributed by atoms with Crippen LogP contribution in [0.15, 0.2) is 0 Å². The normalized spacial score (nSPS) is 37.2. The van der Waals surface area contributed by atoms with E-state index in [2.05, 4.69) is 9.80 Å². The molecule has 3 aliphatic rings. The van der Waals surface area contributed by atoms with Gasteiger partial charge in [0.25, 0.3) is 0 Å². The van der Waals surface area contributed by atoms with Crippen molar-refractivity contribution in [1.82, 2.24) is 9.80 Å². The Bertz CT molecular complexity index is 254. The Hall–Kier alpha value is -0.120. The summed E-state index contributed by atoms with van der Waals surface area (Å²) in [6, 6.07) is 2.04. The Labute approximate surface area is 112 Å². The summed E-state index contributed by atoms with van der Waals surface area (Å²) in [7, 11) is 0. The van der Waals surface area contributed by atoms with Crippen molar-refractivity contribution in [3.05, 3.63) is 0 Å². The first-order valence-corrected chi connectivity index (χ1v) is 8.08. The molecule has 2 atom stereocenters. The summed E-state index contributed by atoms with van der Waals surface area (Å²) >= 11 is 0. The van der Waals surface area contributed by atoms with Gasteiger partial charge in [0.1, 0.15) is 0 Å². The summed E-state index contributed by atoms with van der Waals surface area (Å²) in [5.74, 6) is 0. The van der Waals surface area contributed by atoms with E-state index in [1.807, 2.05) is 0 Å². The molecule has 2 unspecified atom stereocenters. The van der Waals surface area contributed by atoms with Gasteiger partial charge in [0.15, 0.2) is 0 Å². The lowest BCUT2D eigenvalue weighted by molar-refractivity contribution is 0.0505. The lowest BCUT2D eigenvalue weighted by Crippen LogP contribution is -2.57. The smallest absolute Gasteiger partial charge is 0.0248 e. The zero-order chi connectivity index (χ0) is 12.4. The fraction of sp³-hybridized carbons (Fsp3) is 1.00. The molecule has 2 saturated carbocycles. The van der Waals surface area contributed by atoms with Crippen molar-refractivity contribution in [3.63, 3.8) is 0 Å². The molecular formula is C15H29N3. The molecule has 1 aliphatic heterocycles. The number of piperazine rings is 1. The maximum absolute atomic E-state index is 6.31. The van der Waals surface area contributed by atoms with E-state index in [1.54, 1.807) is 0 Å². The van der Waals surface area contributed by atoms with E-state index in [4.69, 9.17) is 5.73 Å². The molecule has 3 fully saturated rings. The van der Waals surface area contributed by atoms with Crippen molar-refractivity contribution in [3.8, 4) is 0 Å². The summed E-state index contributed by atoms with van der Waals surface area (Å²) in [6.07, 6.45) is 11.1. The fourth-order valence-electron chi connectivity index (χ4n) is 4.30. The SMILES string of the molecule is NC1CCCCC1N1CCN(C2CCCC2)CC1. The average Bonchev–Trinajstić information content (AvgIpc) is 2.94. The molecule has 18 heavy (non-hydrogen) atoms. The first-order valence-electron chi connectivity index (χ1n) is 8.08. The van der Waals surface area contributed by atoms with Gasteiger partial charge >= 0.3 is 0 Å². The van der Waals surface area contributed by atoms with Gasteiger partial charge in [-0.1, -0.05) is 25.7 Å². The van der Waals surface area contributed by atoms with E-state index in [1.165, 1.54) is 77.5 Å². The fourth-order valence-corrected chi connectivity index (χ4v) is 4.30. The molecule has 104 valence electrons. The molecule has 3 heteroatoms. The quantitative estimate of drug-likeness (QED) is 0.812. The maximum atomic E-state index is 6.31. The van der Waals surface area contributed by atoms with E-state index in [9.17, 15) is 0 Å². The van der Waals surface area contributed by atoms with Crippen LogP contribution in [-0.2, 0) is 0 Å². The number of hydrogen-bond donors (Lipinski definition) is 1. The van der Waals surface area contributed by atoms with Gasteiger partial charge in [0, 0.05) is 44.3 Å². The van der Waals surface area contributed by atoms with Gasteiger partial charge in [0.2, 0.25) is 0 Å². The van der Waals surface area contributed by atoms with Crippen LogP contribution < -0.4 is 5.73 Å². The first-order chi connectivity index (χ1) is 8.84. The van der Waals surface area contributed by atoms with Crippen molar-refractivity contribution in [2.45, 2.75) is 69.5 Å². The lowest BCUT2D eigenvalue weighted by Gasteiger charge is -2.44. The van der Waals surface area contributed by atoms with Crippen LogP contribution in [0.3, 0.4) is 0 Å². The minimum atomic E-state index is 0.441. The van der Waals surface area contributed by atoms with E-state index in [0.717, 1.165) is 6.04 Å². The van der Waals surface area contributed by atoms with Gasteiger partial charge in [-0.25, -0.2) is 0 Å². The summed E-state index contributed by atoms with van der Waals surface area (Å²) in [5.41, 5.74) is 6.31. The van der Waals surface area contributed by atoms with Crippen molar-refractivity contribution < 1.29 is 0 Å². The minimum Gasteiger partial charge on any atom is -0.326 e. The van der Waals surface area contributed by atoms with Gasteiger partial charge in [-0.2, -0.15) is 0 Å². The number of hydrogen-bond acceptors (Lipinski definition) is 3. The molecule has 0 amide bonds. The highest BCUT2D eigenvalue weighted by molar-refractivity contribution is 4.90. The van der Waals surface area contributed by atoms with E-state index in [-0.39, 0.29) is 0 Å². The Morgan fingerprint density at radius 3 is 1.89 bits per heavy atom. The van der Waals surface area contributed by atoms with Crippen molar-refractivity contribution in [2.75, 3.05) is 26.2 Å².